The topological polar surface area (TPSA) is 62.7 Å². The van der Waals surface area contributed by atoms with E-state index in [4.69, 9.17) is 0 Å². The van der Waals surface area contributed by atoms with E-state index in [9.17, 15) is 27.1 Å². The zero-order chi connectivity index (χ0) is 23.5. The molecule has 0 atom stereocenters. The summed E-state index contributed by atoms with van der Waals surface area (Å²) >= 11 is 0. The predicted octanol–water partition coefficient (Wildman–Crippen LogP) is 6.26. The number of hydrogen-bond donors (Lipinski definition) is 0. The molecule has 2 aromatic rings. The van der Waals surface area contributed by atoms with E-state index in [0.717, 1.165) is 66.9 Å². The third-order valence-electron chi connectivity index (χ3n) is 5.41. The monoisotopic (exact) mass is 465 g/mol. The number of alkyl halides is 3. The molecule has 32 heavy (non-hydrogen) atoms. The van der Waals surface area contributed by atoms with Crippen LogP contribution in [0, 0.1) is 0 Å². The Morgan fingerprint density at radius 3 is 1.69 bits per heavy atom. The van der Waals surface area contributed by atoms with Crippen LogP contribution in [-0.4, -0.2) is 31.7 Å². The second-order valence-electron chi connectivity index (χ2n) is 7.72. The quantitative estimate of drug-likeness (QED) is 0.389. The number of rotatable bonds is 10. The molecule has 3 rings (SSSR count). The van der Waals surface area contributed by atoms with Gasteiger partial charge >= 0.3 is 5.51 Å². The Morgan fingerprint density at radius 2 is 1.28 bits per heavy atom. The summed E-state index contributed by atoms with van der Waals surface area (Å²) in [5.74, 6) is 0. The molecule has 5 nitrogen and oxygen atoms in total. The summed E-state index contributed by atoms with van der Waals surface area (Å²) in [4.78, 5) is 1.51. The molecule has 0 aliphatic carbocycles. The van der Waals surface area contributed by atoms with Crippen molar-refractivity contribution in [1.82, 2.24) is 0 Å². The van der Waals surface area contributed by atoms with Crippen LogP contribution >= 0.6 is 0 Å². The lowest BCUT2D eigenvalue weighted by Gasteiger charge is -2.24. The van der Waals surface area contributed by atoms with Gasteiger partial charge in [0.25, 0.3) is 21.2 Å². The van der Waals surface area contributed by atoms with Crippen LogP contribution < -0.4 is 4.90 Å². The van der Waals surface area contributed by atoms with E-state index < -0.39 is 20.2 Å². The predicted molar refractivity (Wildman–Crippen MR) is 119 cm³/mol. The minimum absolute atomic E-state index is 0.431. The molecule has 172 valence electrons. The molecule has 9 heteroatoms. The first-order valence-corrected chi connectivity index (χ1v) is 12.1. The Morgan fingerprint density at radius 1 is 0.844 bits per heavy atom. The van der Waals surface area contributed by atoms with E-state index in [1.165, 1.54) is 12.1 Å². The fourth-order valence-corrected chi connectivity index (χ4v) is 4.26. The lowest BCUT2D eigenvalue weighted by molar-refractivity contribution is -0.277. The average Bonchev–Trinajstić information content (AvgIpc) is 3.44. The molecule has 0 N–H and O–H groups in total. The maximum Gasteiger partial charge on any atom is 0.501 e. The third-order valence-corrected chi connectivity index (χ3v) is 6.91. The number of sulfone groups is 1. The van der Waals surface area contributed by atoms with Gasteiger partial charge in [-0.3, -0.25) is 0 Å². The highest BCUT2D eigenvalue weighted by atomic mass is 32.2. The van der Waals surface area contributed by atoms with Gasteiger partial charge in [-0.15, -0.1) is 0 Å². The van der Waals surface area contributed by atoms with Crippen LogP contribution in [0.4, 0.5) is 18.9 Å². The van der Waals surface area contributed by atoms with Crippen molar-refractivity contribution in [3.05, 3.63) is 65.2 Å². The summed E-state index contributed by atoms with van der Waals surface area (Å²) in [5, 5.41) is 0. The van der Waals surface area contributed by atoms with E-state index in [1.807, 2.05) is 24.3 Å². The van der Waals surface area contributed by atoms with E-state index in [1.54, 1.807) is 0 Å². The van der Waals surface area contributed by atoms with Crippen molar-refractivity contribution in [3.63, 3.8) is 0 Å². The Balaban J connectivity index is 1.81. The largest absolute Gasteiger partial charge is 0.501 e. The van der Waals surface area contributed by atoms with Crippen molar-refractivity contribution >= 4 is 26.9 Å². The number of halogens is 3. The van der Waals surface area contributed by atoms with Gasteiger partial charge in [0.05, 0.1) is 16.0 Å². The summed E-state index contributed by atoms with van der Waals surface area (Å²) < 4.78 is 62.1. The fraction of sp³-hybridized carbons (Fsp3) is 0.391. The molecule has 0 amide bonds. The highest BCUT2D eigenvalue weighted by Crippen LogP contribution is 2.43. The zero-order valence-corrected chi connectivity index (χ0v) is 18.9. The molecule has 1 aliphatic heterocycles. The maximum atomic E-state index is 12.7. The molecule has 0 aromatic heterocycles. The van der Waals surface area contributed by atoms with Crippen molar-refractivity contribution < 1.29 is 26.3 Å². The van der Waals surface area contributed by atoms with Crippen LogP contribution in [0.25, 0.3) is 16.9 Å². The summed E-state index contributed by atoms with van der Waals surface area (Å²) in [6.45, 7) is 6.26. The van der Waals surface area contributed by atoms with Crippen molar-refractivity contribution in [2.45, 2.75) is 49.9 Å². The molecule has 0 radical (unpaired) electrons. The van der Waals surface area contributed by atoms with E-state index in [2.05, 4.69) is 18.7 Å². The van der Waals surface area contributed by atoms with E-state index in [0.29, 0.717) is 17.0 Å². The Hall–Kier alpha value is -2.68. The van der Waals surface area contributed by atoms with Crippen LogP contribution in [0.2, 0.25) is 0 Å². The summed E-state index contributed by atoms with van der Waals surface area (Å²) in [7, 11) is -5.40. The molecule has 0 saturated carbocycles. The smallest absolute Gasteiger partial charge is 0.493 e. The van der Waals surface area contributed by atoms with Gasteiger partial charge in [0, 0.05) is 18.8 Å². The SMILES string of the molecule is CCCCN(CCCC)c1ccc(C2=C(c3ccc(S(=O)(=O)C(F)(F)F)cc3)[N+]2=[N-])cc1. The minimum atomic E-state index is -5.40. The molecule has 0 fully saturated rings. The van der Waals surface area contributed by atoms with Crippen LogP contribution in [0.15, 0.2) is 53.4 Å². The molecule has 2 aromatic carbocycles. The lowest BCUT2D eigenvalue weighted by Crippen LogP contribution is -2.25. The highest BCUT2D eigenvalue weighted by Gasteiger charge is 2.47. The zero-order valence-electron chi connectivity index (χ0n) is 18.1. The molecule has 0 bridgehead atoms. The van der Waals surface area contributed by atoms with Gasteiger partial charge in [-0.05, 0) is 61.4 Å². The molecular formula is C23H26F3N3O2S. The normalized spacial score (nSPS) is 14.1. The molecule has 1 heterocycles. The van der Waals surface area contributed by atoms with Gasteiger partial charge in [0.2, 0.25) is 0 Å². The molecule has 0 spiro atoms. The standard InChI is InChI=1S/C23H26F3N3O2S/c1-3-5-15-28(16-6-4-2)19-11-7-17(8-12-19)21-22(29(21)27)18-9-13-20(14-10-18)32(30,31)23(24,25)26/h7-14H,3-6,15-16H2,1-2H3. The second kappa shape index (κ2) is 9.44. The molecule has 1 aliphatic rings. The first-order chi connectivity index (χ1) is 15.1. The van der Waals surface area contributed by atoms with Crippen LogP contribution in [0.3, 0.4) is 0 Å². The van der Waals surface area contributed by atoms with Gasteiger partial charge in [-0.25, -0.2) is 13.1 Å². The third kappa shape index (κ3) is 4.87. The Kier molecular flexibility index (Phi) is 7.07. The highest BCUT2D eigenvalue weighted by molar-refractivity contribution is 7.92. The minimum Gasteiger partial charge on any atom is -0.493 e. The summed E-state index contributed by atoms with van der Waals surface area (Å²) in [6.07, 6.45) is 4.43. The number of nitrogens with zero attached hydrogens (tertiary/aromatic N) is 3. The first kappa shape index (κ1) is 24.0. The first-order valence-electron chi connectivity index (χ1n) is 10.6. The molecular weight excluding hydrogens is 439 g/mol. The van der Waals surface area contributed by atoms with E-state index in [-0.39, 0.29) is 0 Å². The fourth-order valence-electron chi connectivity index (χ4n) is 3.50. The number of anilines is 1. The summed E-state index contributed by atoms with van der Waals surface area (Å²) in [5.41, 5.74) is 8.13. The average molecular weight is 466 g/mol. The number of unbranched alkanes of at least 4 members (excludes halogenated alkanes) is 2. The second-order valence-corrected chi connectivity index (χ2v) is 9.66. The maximum absolute atomic E-state index is 12.7. The number of benzene rings is 2. The van der Waals surface area contributed by atoms with Gasteiger partial charge in [0.15, 0.2) is 0 Å². The van der Waals surface area contributed by atoms with Crippen molar-refractivity contribution in [2.75, 3.05) is 18.0 Å². The van der Waals surface area contributed by atoms with Crippen molar-refractivity contribution in [3.8, 4) is 0 Å². The molecule has 0 saturated heterocycles. The van der Waals surface area contributed by atoms with Crippen molar-refractivity contribution in [2.24, 2.45) is 0 Å². The van der Waals surface area contributed by atoms with Gasteiger partial charge in [-0.1, -0.05) is 26.7 Å². The number of hydrogen-bond acceptors (Lipinski definition) is 3. The van der Waals surface area contributed by atoms with Gasteiger partial charge in [0.1, 0.15) is 0 Å². The van der Waals surface area contributed by atoms with E-state index >= 15 is 0 Å². The van der Waals surface area contributed by atoms with Crippen LogP contribution in [-0.2, 0) is 9.84 Å². The van der Waals surface area contributed by atoms with Gasteiger partial charge in [-0.2, -0.15) is 13.2 Å². The Labute approximate surface area is 186 Å². The van der Waals surface area contributed by atoms with Gasteiger partial charge < -0.3 is 10.4 Å². The lowest BCUT2D eigenvalue weighted by atomic mass is 10.1. The van der Waals surface area contributed by atoms with Crippen LogP contribution in [0.5, 0.6) is 0 Å². The summed E-state index contributed by atoms with van der Waals surface area (Å²) in [6, 6.07) is 12.1. The Bertz CT molecular complexity index is 1100. The van der Waals surface area contributed by atoms with Crippen LogP contribution in [0.1, 0.15) is 50.7 Å². The molecule has 0 unspecified atom stereocenters. The van der Waals surface area contributed by atoms with Crippen molar-refractivity contribution in [1.29, 1.82) is 0 Å².